The fourth-order valence-electron chi connectivity index (χ4n) is 3.07. The Morgan fingerprint density at radius 1 is 1.19 bits per heavy atom. The molecule has 0 aliphatic heterocycles. The topological polar surface area (TPSA) is 84.9 Å². The van der Waals surface area contributed by atoms with Crippen molar-refractivity contribution in [2.24, 2.45) is 0 Å². The minimum absolute atomic E-state index is 0.0767. The van der Waals surface area contributed by atoms with E-state index >= 15 is 0 Å². The number of ketones is 1. The lowest BCUT2D eigenvalue weighted by Gasteiger charge is -2.10. The number of methoxy groups -OCH3 is 1. The summed E-state index contributed by atoms with van der Waals surface area (Å²) in [6, 6.07) is 0. The molecule has 0 radical (unpaired) electrons. The Bertz CT molecular complexity index is 1050. The van der Waals surface area contributed by atoms with E-state index in [4.69, 9.17) is 4.74 Å². The molecule has 1 N–H and O–H groups in total. The molecule has 0 fully saturated rings. The number of thiophene rings is 1. The number of nitrogens with one attached hydrogen (secondary N) is 1. The number of rotatable bonds is 5. The third kappa shape index (κ3) is 3.39. The number of ether oxygens (including phenoxy) is 1. The number of nitrogens with zero attached hydrogens (tertiary/aromatic N) is 2. The number of H-pyrrole nitrogens is 1. The molecule has 142 valence electrons. The van der Waals surface area contributed by atoms with Crippen molar-refractivity contribution in [1.82, 2.24) is 15.0 Å². The Labute approximate surface area is 165 Å². The second kappa shape index (κ2) is 7.44. The highest BCUT2D eigenvalue weighted by Crippen LogP contribution is 2.36. The second-order valence-electron chi connectivity index (χ2n) is 6.38. The van der Waals surface area contributed by atoms with Crippen LogP contribution in [0.5, 0.6) is 0 Å². The first-order valence-corrected chi connectivity index (χ1v) is 10.1. The molecule has 0 aliphatic carbocycles. The van der Waals surface area contributed by atoms with Crippen LogP contribution in [0.3, 0.4) is 0 Å². The molecule has 8 heteroatoms. The maximum Gasteiger partial charge on any atom is 0.339 e. The van der Waals surface area contributed by atoms with Crippen LogP contribution < -0.4 is 0 Å². The minimum atomic E-state index is -0.442. The van der Waals surface area contributed by atoms with Crippen molar-refractivity contribution in [2.45, 2.75) is 44.9 Å². The Hall–Kier alpha value is -2.19. The maximum atomic E-state index is 13.0. The van der Waals surface area contributed by atoms with Crippen LogP contribution in [-0.2, 0) is 4.74 Å². The van der Waals surface area contributed by atoms with Crippen LogP contribution in [0.15, 0.2) is 11.4 Å². The summed E-state index contributed by atoms with van der Waals surface area (Å²) in [5, 5.41) is 1.45. The summed E-state index contributed by atoms with van der Waals surface area (Å²) in [6.07, 6.45) is 1.54. The van der Waals surface area contributed by atoms with Crippen LogP contribution in [0.4, 0.5) is 0 Å². The van der Waals surface area contributed by atoms with E-state index in [1.807, 2.05) is 6.92 Å². The van der Waals surface area contributed by atoms with Gasteiger partial charge in [0.1, 0.15) is 16.2 Å². The normalized spacial score (nSPS) is 12.4. The molecule has 0 saturated heterocycles. The SMILES string of the molecule is COC(=O)c1c(C)[nH]c(C(=O)[C@H](C)Sc2ncnc3sc(C)c(C)c23)c1C. The van der Waals surface area contributed by atoms with Gasteiger partial charge in [-0.05, 0) is 45.7 Å². The average molecular weight is 404 g/mol. The molecule has 3 rings (SSSR count). The molecule has 0 bridgehead atoms. The number of Topliss-reactive ketones (excluding diaryl/α,β-unsaturated/α-hetero) is 1. The minimum Gasteiger partial charge on any atom is -0.465 e. The molecule has 0 aromatic carbocycles. The molecular weight excluding hydrogens is 382 g/mol. The first-order valence-electron chi connectivity index (χ1n) is 8.45. The molecule has 0 spiro atoms. The fraction of sp³-hybridized carbons (Fsp3) is 0.368. The molecule has 1 atom stereocenters. The highest BCUT2D eigenvalue weighted by molar-refractivity contribution is 8.00. The standard InChI is InChI=1S/C19H21N3O3S2/c1-8-11(4)26-17-14(8)18(21-7-20-17)27-12(5)16(23)15-9(2)13(10(3)22-15)19(24)25-6/h7,12,22H,1-6H3/t12-/m0/s1. The number of hydrogen-bond donors (Lipinski definition) is 1. The van der Waals surface area contributed by atoms with Gasteiger partial charge >= 0.3 is 5.97 Å². The molecule has 3 aromatic heterocycles. The lowest BCUT2D eigenvalue weighted by molar-refractivity contribution is 0.0599. The number of esters is 1. The number of fused-ring (bicyclic) bond motifs is 1. The van der Waals surface area contributed by atoms with E-state index in [0.29, 0.717) is 22.5 Å². The summed E-state index contributed by atoms with van der Waals surface area (Å²) in [7, 11) is 1.33. The van der Waals surface area contributed by atoms with Gasteiger partial charge in [-0.1, -0.05) is 11.8 Å². The van der Waals surface area contributed by atoms with Crippen molar-refractivity contribution < 1.29 is 14.3 Å². The van der Waals surface area contributed by atoms with E-state index < -0.39 is 5.97 Å². The van der Waals surface area contributed by atoms with Gasteiger partial charge in [-0.3, -0.25) is 4.79 Å². The number of carbonyl (C=O) groups is 2. The fourth-order valence-corrected chi connectivity index (χ4v) is 5.17. The van der Waals surface area contributed by atoms with E-state index in [2.05, 4.69) is 28.8 Å². The van der Waals surface area contributed by atoms with Crippen LogP contribution in [-0.4, -0.2) is 39.1 Å². The molecule has 3 aromatic rings. The predicted molar refractivity (Wildman–Crippen MR) is 108 cm³/mol. The van der Waals surface area contributed by atoms with Crippen LogP contribution in [0.2, 0.25) is 0 Å². The molecule has 27 heavy (non-hydrogen) atoms. The van der Waals surface area contributed by atoms with Crippen molar-refractivity contribution in [2.75, 3.05) is 7.11 Å². The first-order chi connectivity index (χ1) is 12.8. The Kier molecular flexibility index (Phi) is 5.39. The van der Waals surface area contributed by atoms with Gasteiger partial charge in [0, 0.05) is 16.0 Å². The van der Waals surface area contributed by atoms with Crippen LogP contribution in [0.1, 0.15) is 49.5 Å². The van der Waals surface area contributed by atoms with Crippen molar-refractivity contribution >= 4 is 45.1 Å². The van der Waals surface area contributed by atoms with E-state index in [0.717, 1.165) is 20.8 Å². The van der Waals surface area contributed by atoms with Gasteiger partial charge in [0.2, 0.25) is 0 Å². The number of aryl methyl sites for hydroxylation is 3. The van der Waals surface area contributed by atoms with Crippen molar-refractivity contribution in [3.63, 3.8) is 0 Å². The predicted octanol–water partition coefficient (Wildman–Crippen LogP) is 4.40. The summed E-state index contributed by atoms with van der Waals surface area (Å²) < 4.78 is 4.82. The molecule has 3 heterocycles. The molecule has 0 unspecified atom stereocenters. The van der Waals surface area contributed by atoms with E-state index in [9.17, 15) is 9.59 Å². The Balaban J connectivity index is 1.93. The van der Waals surface area contributed by atoms with Gasteiger partial charge < -0.3 is 9.72 Å². The van der Waals surface area contributed by atoms with Gasteiger partial charge in [0.05, 0.1) is 23.6 Å². The summed E-state index contributed by atoms with van der Waals surface area (Å²) in [5.74, 6) is -0.519. The summed E-state index contributed by atoms with van der Waals surface area (Å²) >= 11 is 3.04. The Morgan fingerprint density at radius 2 is 1.89 bits per heavy atom. The zero-order valence-corrected chi connectivity index (χ0v) is 17.7. The average Bonchev–Trinajstić information content (AvgIpc) is 3.10. The van der Waals surface area contributed by atoms with Crippen LogP contribution >= 0.6 is 23.1 Å². The van der Waals surface area contributed by atoms with E-state index in [1.165, 1.54) is 30.1 Å². The number of aromatic amines is 1. The Morgan fingerprint density at radius 3 is 2.56 bits per heavy atom. The quantitative estimate of drug-likeness (QED) is 0.294. The van der Waals surface area contributed by atoms with E-state index in [-0.39, 0.29) is 11.0 Å². The van der Waals surface area contributed by atoms with Gasteiger partial charge in [0.15, 0.2) is 5.78 Å². The lowest BCUT2D eigenvalue weighted by atomic mass is 10.1. The molecule has 0 amide bonds. The van der Waals surface area contributed by atoms with Crippen LogP contribution in [0, 0.1) is 27.7 Å². The van der Waals surface area contributed by atoms with Crippen molar-refractivity contribution in [3.05, 3.63) is 39.3 Å². The lowest BCUT2D eigenvalue weighted by Crippen LogP contribution is -2.16. The van der Waals surface area contributed by atoms with Crippen molar-refractivity contribution in [1.29, 1.82) is 0 Å². The highest BCUT2D eigenvalue weighted by atomic mass is 32.2. The molecule has 0 saturated carbocycles. The monoisotopic (exact) mass is 403 g/mol. The third-order valence-corrected chi connectivity index (χ3v) is 6.88. The number of aromatic nitrogens is 3. The maximum absolute atomic E-state index is 13.0. The smallest absolute Gasteiger partial charge is 0.339 e. The first kappa shape index (κ1) is 19.6. The van der Waals surface area contributed by atoms with Gasteiger partial charge in [-0.25, -0.2) is 14.8 Å². The van der Waals surface area contributed by atoms with Gasteiger partial charge in [-0.2, -0.15) is 0 Å². The van der Waals surface area contributed by atoms with Gasteiger partial charge in [-0.15, -0.1) is 11.3 Å². The van der Waals surface area contributed by atoms with Crippen molar-refractivity contribution in [3.8, 4) is 0 Å². The summed E-state index contributed by atoms with van der Waals surface area (Å²) in [6.45, 7) is 9.48. The molecular formula is C19H21N3O3S2. The number of hydrogen-bond acceptors (Lipinski definition) is 7. The van der Waals surface area contributed by atoms with Gasteiger partial charge in [0.25, 0.3) is 0 Å². The number of carbonyl (C=O) groups excluding carboxylic acids is 2. The highest BCUT2D eigenvalue weighted by Gasteiger charge is 2.27. The molecule has 6 nitrogen and oxygen atoms in total. The van der Waals surface area contributed by atoms with E-state index in [1.54, 1.807) is 25.2 Å². The third-order valence-electron chi connectivity index (χ3n) is 4.66. The largest absolute Gasteiger partial charge is 0.465 e. The second-order valence-corrected chi connectivity index (χ2v) is 8.92. The number of thioether (sulfide) groups is 1. The van der Waals surface area contributed by atoms with Crippen LogP contribution in [0.25, 0.3) is 10.2 Å². The molecule has 0 aliphatic rings. The zero-order chi connectivity index (χ0) is 19.9. The zero-order valence-electron chi connectivity index (χ0n) is 16.1. The summed E-state index contributed by atoms with van der Waals surface area (Å²) in [5.41, 5.74) is 3.27. The summed E-state index contributed by atoms with van der Waals surface area (Å²) in [4.78, 5) is 38.9.